The molecule has 0 bridgehead atoms. The van der Waals surface area contributed by atoms with E-state index in [9.17, 15) is 14.3 Å². The molecular formula is C12H15ClFNO3. The minimum Gasteiger partial charge on any atom is -0.480 e. The Kier molecular flexibility index (Phi) is 5.53. The fourth-order valence-electron chi connectivity index (χ4n) is 1.63. The Morgan fingerprint density at radius 3 is 2.78 bits per heavy atom. The van der Waals surface area contributed by atoms with E-state index in [2.05, 4.69) is 0 Å². The predicted molar refractivity (Wildman–Crippen MR) is 66.3 cm³/mol. The van der Waals surface area contributed by atoms with Crippen LogP contribution in [0.1, 0.15) is 11.6 Å². The zero-order valence-electron chi connectivity index (χ0n) is 10.2. The Morgan fingerprint density at radius 2 is 2.28 bits per heavy atom. The fraction of sp³-hybridized carbons (Fsp3) is 0.417. The van der Waals surface area contributed by atoms with Crippen LogP contribution in [0.25, 0.3) is 0 Å². The number of carbonyl (C=O) groups is 1. The van der Waals surface area contributed by atoms with Crippen LogP contribution in [0.5, 0.6) is 0 Å². The average molecular weight is 276 g/mol. The molecule has 4 nitrogen and oxygen atoms in total. The maximum atomic E-state index is 13.1. The van der Waals surface area contributed by atoms with Crippen molar-refractivity contribution in [3.63, 3.8) is 0 Å². The lowest BCUT2D eigenvalue weighted by Gasteiger charge is -2.24. The molecule has 1 aromatic rings. The quantitative estimate of drug-likeness (QED) is 0.865. The summed E-state index contributed by atoms with van der Waals surface area (Å²) in [7, 11) is 3.20. The fourth-order valence-corrected chi connectivity index (χ4v) is 1.82. The molecule has 0 fully saturated rings. The van der Waals surface area contributed by atoms with E-state index in [1.165, 1.54) is 12.1 Å². The molecule has 0 aliphatic heterocycles. The lowest BCUT2D eigenvalue weighted by molar-refractivity contribution is -0.143. The van der Waals surface area contributed by atoms with Gasteiger partial charge in [-0.15, -0.1) is 0 Å². The summed E-state index contributed by atoms with van der Waals surface area (Å²) in [6.07, 6.45) is 0. The number of aliphatic carboxylic acids is 1. The number of rotatable bonds is 6. The van der Waals surface area contributed by atoms with Crippen molar-refractivity contribution in [2.24, 2.45) is 0 Å². The molecule has 0 saturated carbocycles. The van der Waals surface area contributed by atoms with E-state index in [0.29, 0.717) is 18.7 Å². The van der Waals surface area contributed by atoms with Gasteiger partial charge in [0, 0.05) is 13.7 Å². The van der Waals surface area contributed by atoms with Gasteiger partial charge in [-0.05, 0) is 24.7 Å². The molecule has 1 atom stereocenters. The smallest absolute Gasteiger partial charge is 0.325 e. The monoisotopic (exact) mass is 275 g/mol. The van der Waals surface area contributed by atoms with Gasteiger partial charge in [0.2, 0.25) is 0 Å². The van der Waals surface area contributed by atoms with Gasteiger partial charge < -0.3 is 9.84 Å². The highest BCUT2D eigenvalue weighted by atomic mass is 35.5. The maximum absolute atomic E-state index is 13.1. The van der Waals surface area contributed by atoms with Crippen molar-refractivity contribution < 1.29 is 19.0 Å². The van der Waals surface area contributed by atoms with Crippen LogP contribution in [0.15, 0.2) is 18.2 Å². The second-order valence-corrected chi connectivity index (χ2v) is 4.29. The highest BCUT2D eigenvalue weighted by molar-refractivity contribution is 6.30. The molecule has 0 heterocycles. The number of nitrogens with zero attached hydrogens (tertiary/aromatic N) is 1. The zero-order valence-corrected chi connectivity index (χ0v) is 10.9. The predicted octanol–water partition coefficient (Wildman–Crippen LogP) is 2.18. The molecule has 18 heavy (non-hydrogen) atoms. The first-order chi connectivity index (χ1) is 8.47. The van der Waals surface area contributed by atoms with Gasteiger partial charge >= 0.3 is 5.97 Å². The molecule has 0 radical (unpaired) electrons. The van der Waals surface area contributed by atoms with Gasteiger partial charge in [0.05, 0.1) is 11.6 Å². The van der Waals surface area contributed by atoms with Crippen LogP contribution in [-0.4, -0.2) is 43.3 Å². The number of hydrogen-bond donors (Lipinski definition) is 1. The summed E-state index contributed by atoms with van der Waals surface area (Å²) in [5, 5.41) is 9.15. The first-order valence-corrected chi connectivity index (χ1v) is 5.72. The van der Waals surface area contributed by atoms with Crippen molar-refractivity contribution in [1.82, 2.24) is 4.90 Å². The van der Waals surface area contributed by atoms with Crippen LogP contribution < -0.4 is 0 Å². The van der Waals surface area contributed by atoms with Gasteiger partial charge in [0.15, 0.2) is 0 Å². The van der Waals surface area contributed by atoms with E-state index in [1.807, 2.05) is 0 Å². The van der Waals surface area contributed by atoms with Gasteiger partial charge in [0.25, 0.3) is 0 Å². The third-order valence-electron chi connectivity index (χ3n) is 2.58. The molecule has 0 spiro atoms. The van der Waals surface area contributed by atoms with Crippen LogP contribution in [0.4, 0.5) is 4.39 Å². The van der Waals surface area contributed by atoms with Crippen molar-refractivity contribution in [3.8, 4) is 0 Å². The standard InChI is InChI=1S/C12H15ClFNO3/c1-15(5-6-18-2)11(12(16)17)8-3-4-10(14)9(13)7-8/h3-4,7,11H,5-6H2,1-2H3,(H,16,17)/t11-/m0/s1. The second kappa shape index (κ2) is 6.68. The first kappa shape index (κ1) is 14.9. The molecule has 6 heteroatoms. The van der Waals surface area contributed by atoms with Crippen molar-refractivity contribution in [2.45, 2.75) is 6.04 Å². The molecule has 100 valence electrons. The number of ether oxygens (including phenoxy) is 1. The van der Waals surface area contributed by atoms with Crippen molar-refractivity contribution in [1.29, 1.82) is 0 Å². The van der Waals surface area contributed by atoms with Crippen molar-refractivity contribution in [3.05, 3.63) is 34.6 Å². The van der Waals surface area contributed by atoms with E-state index >= 15 is 0 Å². The summed E-state index contributed by atoms with van der Waals surface area (Å²) in [5.41, 5.74) is 0.438. The zero-order chi connectivity index (χ0) is 13.7. The van der Waals surface area contributed by atoms with Gasteiger partial charge in [-0.1, -0.05) is 17.7 Å². The Bertz CT molecular complexity index is 428. The lowest BCUT2D eigenvalue weighted by atomic mass is 10.1. The number of carboxylic acids is 1. The summed E-state index contributed by atoms with van der Waals surface area (Å²) < 4.78 is 18.0. The number of carboxylic acid groups (broad SMARTS) is 1. The topological polar surface area (TPSA) is 49.8 Å². The van der Waals surface area contributed by atoms with Crippen LogP contribution in [0, 0.1) is 5.82 Å². The molecule has 1 N–H and O–H groups in total. The minimum atomic E-state index is -1.02. The molecule has 0 unspecified atom stereocenters. The van der Waals surface area contributed by atoms with Crippen molar-refractivity contribution in [2.75, 3.05) is 27.3 Å². The lowest BCUT2D eigenvalue weighted by Crippen LogP contribution is -2.33. The number of hydrogen-bond acceptors (Lipinski definition) is 3. The highest BCUT2D eigenvalue weighted by Crippen LogP contribution is 2.24. The van der Waals surface area contributed by atoms with Gasteiger partial charge in [-0.25, -0.2) is 4.39 Å². The molecule has 1 rings (SSSR count). The van der Waals surface area contributed by atoms with Crippen LogP contribution in [0.3, 0.4) is 0 Å². The van der Waals surface area contributed by atoms with Crippen LogP contribution >= 0.6 is 11.6 Å². The minimum absolute atomic E-state index is 0.0844. The average Bonchev–Trinajstić information content (AvgIpc) is 2.31. The van der Waals surface area contributed by atoms with E-state index in [1.54, 1.807) is 19.1 Å². The molecule has 0 aliphatic carbocycles. The molecule has 0 aliphatic rings. The molecular weight excluding hydrogens is 261 g/mol. The van der Waals surface area contributed by atoms with Gasteiger partial charge in [0.1, 0.15) is 11.9 Å². The normalized spacial score (nSPS) is 12.7. The van der Waals surface area contributed by atoms with Crippen LogP contribution in [0.2, 0.25) is 5.02 Å². The number of likely N-dealkylation sites (N-methyl/N-ethyl adjacent to an activating group) is 1. The summed E-state index contributed by atoms with van der Waals surface area (Å²) in [6.45, 7) is 0.859. The van der Waals surface area contributed by atoms with E-state index < -0.39 is 17.8 Å². The van der Waals surface area contributed by atoms with E-state index in [0.717, 1.165) is 6.07 Å². The third-order valence-corrected chi connectivity index (χ3v) is 2.87. The summed E-state index contributed by atoms with van der Waals surface area (Å²) in [6, 6.07) is 3.04. The Hall–Kier alpha value is -1.17. The van der Waals surface area contributed by atoms with Crippen LogP contribution in [-0.2, 0) is 9.53 Å². The first-order valence-electron chi connectivity index (χ1n) is 5.34. The number of methoxy groups -OCH3 is 1. The number of benzene rings is 1. The van der Waals surface area contributed by atoms with Gasteiger partial charge in [-0.2, -0.15) is 0 Å². The summed E-state index contributed by atoms with van der Waals surface area (Å²) >= 11 is 5.66. The third kappa shape index (κ3) is 3.66. The maximum Gasteiger partial charge on any atom is 0.325 e. The summed E-state index contributed by atoms with van der Waals surface area (Å²) in [4.78, 5) is 12.9. The van der Waals surface area contributed by atoms with Gasteiger partial charge in [-0.3, -0.25) is 9.69 Å². The molecule has 0 amide bonds. The highest BCUT2D eigenvalue weighted by Gasteiger charge is 2.25. The Balaban J connectivity index is 2.97. The Morgan fingerprint density at radius 1 is 1.61 bits per heavy atom. The Labute approximate surface area is 110 Å². The van der Waals surface area contributed by atoms with Crippen molar-refractivity contribution >= 4 is 17.6 Å². The second-order valence-electron chi connectivity index (χ2n) is 3.89. The van der Waals surface area contributed by atoms with E-state index in [4.69, 9.17) is 16.3 Å². The molecule has 1 aromatic carbocycles. The SMILES string of the molecule is COCCN(C)[C@H](C(=O)O)c1ccc(F)c(Cl)c1. The van der Waals surface area contributed by atoms with E-state index in [-0.39, 0.29) is 5.02 Å². The molecule has 0 saturated heterocycles. The number of halogens is 2. The molecule has 0 aromatic heterocycles. The largest absolute Gasteiger partial charge is 0.480 e. The summed E-state index contributed by atoms with van der Waals surface area (Å²) in [5.74, 6) is -1.58.